The molecule has 2 aliphatic rings. The Hall–Kier alpha value is 0.778. The van der Waals surface area contributed by atoms with Gasteiger partial charge < -0.3 is 4.74 Å². The molecule has 0 bridgehead atoms. The summed E-state index contributed by atoms with van der Waals surface area (Å²) in [5, 5.41) is 0. The van der Waals surface area contributed by atoms with Gasteiger partial charge in [0.25, 0.3) is 0 Å². The van der Waals surface area contributed by atoms with Gasteiger partial charge in [-0.3, -0.25) is 0 Å². The molecule has 2 heteroatoms. The second kappa shape index (κ2) is 6.29. The molecule has 0 amide bonds. The molecule has 0 radical (unpaired) electrons. The van der Waals surface area contributed by atoms with E-state index in [0.717, 1.165) is 6.61 Å². The van der Waals surface area contributed by atoms with Crippen molar-refractivity contribution in [2.24, 2.45) is 5.41 Å². The molecular weight excluding hydrogens is 347 g/mol. The first-order chi connectivity index (χ1) is 7.78. The summed E-state index contributed by atoms with van der Waals surface area (Å²) >= 11 is 1.62. The molecule has 1 aliphatic heterocycles. The average Bonchev–Trinajstić information content (AvgIpc) is 2.80. The van der Waals surface area contributed by atoms with Gasteiger partial charge in [-0.25, -0.2) is 0 Å². The molecule has 0 aromatic heterocycles. The molecule has 1 heterocycles. The third-order valence-electron chi connectivity index (χ3n) is 4.13. The van der Waals surface area contributed by atoms with Crippen LogP contribution in [0.1, 0.15) is 54.4 Å². The van der Waals surface area contributed by atoms with E-state index in [1.54, 1.807) is 45.2 Å². The van der Waals surface area contributed by atoms with Crippen LogP contribution in [0, 0.1) is 43.8 Å². The van der Waals surface area contributed by atoms with Crippen LogP contribution in [0.4, 0.5) is 0 Å². The summed E-state index contributed by atoms with van der Waals surface area (Å²) in [6.07, 6.45) is 3.08. The molecule has 0 saturated carbocycles. The Balaban J connectivity index is 0.000000202. The van der Waals surface area contributed by atoms with Gasteiger partial charge in [0.1, 0.15) is 0 Å². The number of allylic oxidation sites excluding steroid dienone is 4. The Morgan fingerprint density at radius 1 is 1.18 bits per heavy atom. The minimum absolute atomic E-state index is 0.351. The number of hydrogen-bond donors (Lipinski definition) is 0. The molecular formula is C15H25OSm. The molecule has 1 unspecified atom stereocenters. The Morgan fingerprint density at radius 3 is 1.88 bits per heavy atom. The van der Waals surface area contributed by atoms with Crippen molar-refractivity contribution >= 4 is 0 Å². The first kappa shape index (κ1) is 15.8. The molecule has 17 heavy (non-hydrogen) atoms. The first-order valence-electron chi connectivity index (χ1n) is 6.46. The van der Waals surface area contributed by atoms with E-state index >= 15 is 0 Å². The van der Waals surface area contributed by atoms with Crippen LogP contribution in [-0.2, 0) is 4.74 Å². The molecule has 0 aromatic carbocycles. The molecule has 1 atom stereocenters. The minimum atomic E-state index is 0.351. The Labute approximate surface area is 132 Å². The predicted molar refractivity (Wildman–Crippen MR) is 69.5 cm³/mol. The summed E-state index contributed by atoms with van der Waals surface area (Å²) in [5.74, 6) is 0. The normalized spacial score (nSPS) is 27.3. The topological polar surface area (TPSA) is 9.23 Å². The van der Waals surface area contributed by atoms with Gasteiger partial charge in [-0.2, -0.15) is 0 Å². The fraction of sp³-hybridized carbons (Fsp3) is 0.733. The van der Waals surface area contributed by atoms with Gasteiger partial charge in [0.2, 0.25) is 0 Å². The van der Waals surface area contributed by atoms with E-state index < -0.39 is 0 Å². The van der Waals surface area contributed by atoms with Crippen molar-refractivity contribution in [2.75, 3.05) is 6.61 Å². The fourth-order valence-electron chi connectivity index (χ4n) is 2.30. The van der Waals surface area contributed by atoms with Gasteiger partial charge in [0.05, 0.1) is 6.10 Å². The van der Waals surface area contributed by atoms with E-state index in [0.29, 0.717) is 11.5 Å². The van der Waals surface area contributed by atoms with E-state index in [-0.39, 0.29) is 0 Å². The van der Waals surface area contributed by atoms with Gasteiger partial charge >= 0.3 is 96.4 Å². The standard InChI is InChI=1S/C10H15.C5H10O.Sm/c1-7-6-10(4,5)9(3)8(7)2;1-5-3-2-4-6-5;/h1-5H3;5H,2-4H2,1H3;. The monoisotopic (exact) mass is 373 g/mol. The Morgan fingerprint density at radius 2 is 1.76 bits per heavy atom. The van der Waals surface area contributed by atoms with E-state index in [2.05, 4.69) is 41.5 Å². The second-order valence-corrected chi connectivity index (χ2v) is 6.96. The van der Waals surface area contributed by atoms with E-state index in [9.17, 15) is 0 Å². The maximum Gasteiger partial charge on any atom is 0.0547 e. The molecule has 0 aromatic rings. The van der Waals surface area contributed by atoms with E-state index in [4.69, 9.17) is 4.74 Å². The van der Waals surface area contributed by atoms with Crippen molar-refractivity contribution < 1.29 is 43.1 Å². The van der Waals surface area contributed by atoms with Gasteiger partial charge in [-0.1, -0.05) is 0 Å². The number of hydrogen-bond acceptors (Lipinski definition) is 1. The molecule has 1 nitrogen and oxygen atoms in total. The van der Waals surface area contributed by atoms with Crippen LogP contribution >= 0.6 is 0 Å². The quantitative estimate of drug-likeness (QED) is 0.614. The van der Waals surface area contributed by atoms with Crippen LogP contribution in [0.15, 0.2) is 18.0 Å². The Bertz CT molecular complexity index is 318. The van der Waals surface area contributed by atoms with E-state index in [1.165, 1.54) is 24.0 Å². The molecule has 1 fully saturated rings. The first-order valence-corrected chi connectivity index (χ1v) is 7.77. The summed E-state index contributed by atoms with van der Waals surface area (Å²) in [6, 6.07) is 0. The molecule has 0 spiro atoms. The third-order valence-corrected chi connectivity index (χ3v) is 6.75. The largest absolute Gasteiger partial charge is 0.379 e. The number of rotatable bonds is 0. The summed E-state index contributed by atoms with van der Waals surface area (Å²) in [6.45, 7) is 14.5. The zero-order chi connectivity index (χ0) is 13.2. The number of ether oxygens (including phenoxy) is 1. The van der Waals surface area contributed by atoms with Gasteiger partial charge in [0, 0.05) is 6.61 Å². The summed E-state index contributed by atoms with van der Waals surface area (Å²) in [7, 11) is 0. The molecule has 2 rings (SSSR count). The third kappa shape index (κ3) is 3.63. The SMILES string of the molecule is CC1=C(C)C(C)(C)[C]([Sm])=C1C.CC1CCCO1. The van der Waals surface area contributed by atoms with Crippen LogP contribution < -0.4 is 0 Å². The van der Waals surface area contributed by atoms with Crippen molar-refractivity contribution in [3.8, 4) is 0 Å². The predicted octanol–water partition coefficient (Wildman–Crippen LogP) is 4.37. The van der Waals surface area contributed by atoms with Gasteiger partial charge in [0.15, 0.2) is 0 Å². The van der Waals surface area contributed by atoms with Crippen molar-refractivity contribution in [3.05, 3.63) is 18.0 Å². The summed E-state index contributed by atoms with van der Waals surface area (Å²) in [5.41, 5.74) is 4.95. The molecule has 0 N–H and O–H groups in total. The van der Waals surface area contributed by atoms with Crippen molar-refractivity contribution in [1.82, 2.24) is 0 Å². The van der Waals surface area contributed by atoms with Gasteiger partial charge in [-0.15, -0.1) is 0 Å². The average molecular weight is 372 g/mol. The zero-order valence-electron chi connectivity index (χ0n) is 12.0. The minimum Gasteiger partial charge on any atom is -0.379 e. The Kier molecular flexibility index (Phi) is 5.85. The van der Waals surface area contributed by atoms with Crippen LogP contribution in [0.2, 0.25) is 0 Å². The maximum absolute atomic E-state index is 5.15. The maximum atomic E-state index is 5.15. The smallest absolute Gasteiger partial charge is 0.0547 e. The molecule has 97 valence electrons. The van der Waals surface area contributed by atoms with Crippen molar-refractivity contribution in [2.45, 2.75) is 60.5 Å². The van der Waals surface area contributed by atoms with Crippen LogP contribution in [-0.4, -0.2) is 12.7 Å². The van der Waals surface area contributed by atoms with E-state index in [1.807, 2.05) is 0 Å². The summed E-state index contributed by atoms with van der Waals surface area (Å²) in [4.78, 5) is 0. The molecule has 1 saturated heterocycles. The second-order valence-electron chi connectivity index (χ2n) is 5.65. The molecule has 1 aliphatic carbocycles. The zero-order valence-corrected chi connectivity index (χ0v) is 14.6. The van der Waals surface area contributed by atoms with Crippen LogP contribution in [0.3, 0.4) is 0 Å². The van der Waals surface area contributed by atoms with Crippen molar-refractivity contribution in [1.29, 1.82) is 0 Å². The van der Waals surface area contributed by atoms with Crippen LogP contribution in [0.25, 0.3) is 0 Å². The van der Waals surface area contributed by atoms with Crippen LogP contribution in [0.5, 0.6) is 0 Å². The van der Waals surface area contributed by atoms with Gasteiger partial charge in [-0.05, 0) is 19.8 Å². The summed E-state index contributed by atoms with van der Waals surface area (Å²) < 4.78 is 6.77. The fourth-order valence-corrected chi connectivity index (χ4v) is 3.28. The van der Waals surface area contributed by atoms with Crippen molar-refractivity contribution in [3.63, 3.8) is 0 Å².